The largest absolute Gasteiger partial charge is 0.273 e. The predicted molar refractivity (Wildman–Crippen MR) is 32.0 cm³/mol. The van der Waals surface area contributed by atoms with Gasteiger partial charge in [0.15, 0.2) is 0 Å². The predicted octanol–water partition coefficient (Wildman–Crippen LogP) is 1.16. The Morgan fingerprint density at radius 1 is 1.62 bits per heavy atom. The maximum absolute atomic E-state index is 10.4. The van der Waals surface area contributed by atoms with E-state index in [0.29, 0.717) is 6.42 Å². The standard InChI is InChI=1S/C6H9NO/c1-2-5-3-4-6(8)7-5/h2-4H2,1H3. The molecule has 0 aromatic heterocycles. The molecule has 1 aliphatic heterocycles. The molecule has 8 heavy (non-hydrogen) atoms. The molecule has 0 aromatic carbocycles. The fraction of sp³-hybridized carbons (Fsp3) is 0.667. The molecule has 1 amide bonds. The third kappa shape index (κ3) is 0.941. The highest BCUT2D eigenvalue weighted by atomic mass is 16.1. The third-order valence-corrected chi connectivity index (χ3v) is 1.32. The maximum atomic E-state index is 10.4. The van der Waals surface area contributed by atoms with Crippen LogP contribution in [-0.4, -0.2) is 11.6 Å². The molecule has 2 heteroatoms. The average Bonchev–Trinajstić information content (AvgIpc) is 2.14. The number of rotatable bonds is 1. The van der Waals surface area contributed by atoms with Crippen molar-refractivity contribution in [2.24, 2.45) is 4.99 Å². The Bertz CT molecular complexity index is 137. The van der Waals surface area contributed by atoms with E-state index >= 15 is 0 Å². The fourth-order valence-electron chi connectivity index (χ4n) is 0.795. The van der Waals surface area contributed by atoms with Gasteiger partial charge in [-0.25, -0.2) is 4.99 Å². The molecule has 0 unspecified atom stereocenters. The molecule has 0 saturated carbocycles. The van der Waals surface area contributed by atoms with Crippen LogP contribution < -0.4 is 0 Å². The number of nitrogens with zero attached hydrogens (tertiary/aromatic N) is 1. The summed E-state index contributed by atoms with van der Waals surface area (Å²) in [5.74, 6) is 0.0573. The second-order valence-electron chi connectivity index (χ2n) is 1.93. The van der Waals surface area contributed by atoms with Crippen molar-refractivity contribution >= 4 is 11.6 Å². The zero-order chi connectivity index (χ0) is 5.98. The van der Waals surface area contributed by atoms with Gasteiger partial charge in [0, 0.05) is 12.1 Å². The lowest BCUT2D eigenvalue weighted by Gasteiger charge is -1.84. The minimum Gasteiger partial charge on any atom is -0.273 e. The monoisotopic (exact) mass is 111 g/mol. The Morgan fingerprint density at radius 2 is 2.38 bits per heavy atom. The molecule has 0 bridgehead atoms. The Morgan fingerprint density at radius 3 is 2.62 bits per heavy atom. The van der Waals surface area contributed by atoms with Crippen LogP contribution in [0.4, 0.5) is 0 Å². The Balaban J connectivity index is 2.57. The van der Waals surface area contributed by atoms with E-state index in [-0.39, 0.29) is 5.91 Å². The van der Waals surface area contributed by atoms with Gasteiger partial charge in [0.05, 0.1) is 0 Å². The summed E-state index contributed by atoms with van der Waals surface area (Å²) in [5.41, 5.74) is 1.06. The first-order valence-electron chi connectivity index (χ1n) is 2.92. The minimum absolute atomic E-state index is 0.0573. The molecule has 0 spiro atoms. The summed E-state index contributed by atoms with van der Waals surface area (Å²) in [5, 5.41) is 0. The first-order valence-corrected chi connectivity index (χ1v) is 2.92. The Kier molecular flexibility index (Phi) is 1.42. The van der Waals surface area contributed by atoms with Crippen molar-refractivity contribution in [1.29, 1.82) is 0 Å². The summed E-state index contributed by atoms with van der Waals surface area (Å²) in [4.78, 5) is 14.2. The van der Waals surface area contributed by atoms with Gasteiger partial charge >= 0.3 is 0 Å². The van der Waals surface area contributed by atoms with Crippen LogP contribution in [0.2, 0.25) is 0 Å². The van der Waals surface area contributed by atoms with Gasteiger partial charge in [-0.2, -0.15) is 0 Å². The van der Waals surface area contributed by atoms with Crippen molar-refractivity contribution < 1.29 is 4.79 Å². The summed E-state index contributed by atoms with van der Waals surface area (Å²) in [6.45, 7) is 2.03. The molecule has 0 aliphatic carbocycles. The van der Waals surface area contributed by atoms with Gasteiger partial charge in [0.2, 0.25) is 5.91 Å². The SMILES string of the molecule is CCC1=NC(=O)CC1. The Labute approximate surface area is 48.6 Å². The van der Waals surface area contributed by atoms with Crippen LogP contribution in [-0.2, 0) is 4.79 Å². The van der Waals surface area contributed by atoms with Crippen LogP contribution in [0, 0.1) is 0 Å². The van der Waals surface area contributed by atoms with Crippen LogP contribution in [0.5, 0.6) is 0 Å². The first kappa shape index (κ1) is 5.48. The van der Waals surface area contributed by atoms with E-state index in [0.717, 1.165) is 18.6 Å². The zero-order valence-electron chi connectivity index (χ0n) is 4.98. The van der Waals surface area contributed by atoms with Crippen LogP contribution >= 0.6 is 0 Å². The van der Waals surface area contributed by atoms with Crippen molar-refractivity contribution in [3.8, 4) is 0 Å². The number of carbonyl (C=O) groups is 1. The van der Waals surface area contributed by atoms with Crippen LogP contribution in [0.1, 0.15) is 26.2 Å². The summed E-state index contributed by atoms with van der Waals surface area (Å²) >= 11 is 0. The second-order valence-corrected chi connectivity index (χ2v) is 1.93. The van der Waals surface area contributed by atoms with E-state index in [1.54, 1.807) is 0 Å². The molecule has 44 valence electrons. The third-order valence-electron chi connectivity index (χ3n) is 1.32. The van der Waals surface area contributed by atoms with E-state index in [4.69, 9.17) is 0 Å². The van der Waals surface area contributed by atoms with E-state index in [1.807, 2.05) is 6.92 Å². The van der Waals surface area contributed by atoms with Crippen molar-refractivity contribution in [3.05, 3.63) is 0 Å². The number of hydrogen-bond acceptors (Lipinski definition) is 1. The number of amides is 1. The second kappa shape index (κ2) is 2.07. The number of hydrogen-bond donors (Lipinski definition) is 0. The molecule has 0 atom stereocenters. The molecule has 1 aliphatic rings. The highest BCUT2D eigenvalue weighted by molar-refractivity contribution is 6.01. The highest BCUT2D eigenvalue weighted by Crippen LogP contribution is 2.07. The van der Waals surface area contributed by atoms with Crippen molar-refractivity contribution in [2.75, 3.05) is 0 Å². The molecular formula is C6H9NO. The lowest BCUT2D eigenvalue weighted by molar-refractivity contribution is -0.117. The van der Waals surface area contributed by atoms with E-state index < -0.39 is 0 Å². The molecule has 0 fully saturated rings. The molecular weight excluding hydrogens is 102 g/mol. The maximum Gasteiger partial charge on any atom is 0.245 e. The topological polar surface area (TPSA) is 29.4 Å². The smallest absolute Gasteiger partial charge is 0.245 e. The highest BCUT2D eigenvalue weighted by Gasteiger charge is 2.10. The molecule has 2 nitrogen and oxygen atoms in total. The van der Waals surface area contributed by atoms with Gasteiger partial charge < -0.3 is 0 Å². The quantitative estimate of drug-likeness (QED) is 0.499. The summed E-state index contributed by atoms with van der Waals surface area (Å²) in [7, 11) is 0. The van der Waals surface area contributed by atoms with E-state index in [9.17, 15) is 4.79 Å². The van der Waals surface area contributed by atoms with Crippen LogP contribution in [0.3, 0.4) is 0 Å². The molecule has 1 rings (SSSR count). The van der Waals surface area contributed by atoms with Crippen LogP contribution in [0.15, 0.2) is 4.99 Å². The van der Waals surface area contributed by atoms with Gasteiger partial charge in [0.1, 0.15) is 0 Å². The number of aliphatic imine (C=N–C) groups is 1. The van der Waals surface area contributed by atoms with Crippen molar-refractivity contribution in [2.45, 2.75) is 26.2 Å². The molecule has 0 saturated heterocycles. The van der Waals surface area contributed by atoms with E-state index in [1.165, 1.54) is 0 Å². The van der Waals surface area contributed by atoms with Gasteiger partial charge in [0.25, 0.3) is 0 Å². The summed E-state index contributed by atoms with van der Waals surface area (Å²) < 4.78 is 0. The molecule has 0 aromatic rings. The van der Waals surface area contributed by atoms with Gasteiger partial charge in [-0.05, 0) is 12.8 Å². The molecule has 1 heterocycles. The van der Waals surface area contributed by atoms with Gasteiger partial charge in [-0.15, -0.1) is 0 Å². The lowest BCUT2D eigenvalue weighted by Crippen LogP contribution is -1.86. The van der Waals surface area contributed by atoms with Crippen molar-refractivity contribution in [3.63, 3.8) is 0 Å². The fourth-order valence-corrected chi connectivity index (χ4v) is 0.795. The van der Waals surface area contributed by atoms with E-state index in [2.05, 4.69) is 4.99 Å². The average molecular weight is 111 g/mol. The minimum atomic E-state index is 0.0573. The van der Waals surface area contributed by atoms with Gasteiger partial charge in [-0.1, -0.05) is 6.92 Å². The number of carbonyl (C=O) groups excluding carboxylic acids is 1. The van der Waals surface area contributed by atoms with Gasteiger partial charge in [-0.3, -0.25) is 4.79 Å². The van der Waals surface area contributed by atoms with Crippen molar-refractivity contribution in [1.82, 2.24) is 0 Å². The first-order chi connectivity index (χ1) is 3.83. The molecule has 0 radical (unpaired) electrons. The normalized spacial score (nSPS) is 19.1. The zero-order valence-corrected chi connectivity index (χ0v) is 4.98. The summed E-state index contributed by atoms with van der Waals surface area (Å²) in [6, 6.07) is 0. The lowest BCUT2D eigenvalue weighted by atomic mass is 10.2. The summed E-state index contributed by atoms with van der Waals surface area (Å²) in [6.07, 6.45) is 2.48. The molecule has 0 N–H and O–H groups in total. The van der Waals surface area contributed by atoms with Crippen LogP contribution in [0.25, 0.3) is 0 Å². The Hall–Kier alpha value is -0.660.